The number of benzene rings is 1. The summed E-state index contributed by atoms with van der Waals surface area (Å²) in [5, 5.41) is 11.4. The van der Waals surface area contributed by atoms with Crippen LogP contribution in [0.1, 0.15) is 37.6 Å². The number of rotatable bonds is 6. The number of aliphatic carboxylic acids is 1. The highest BCUT2D eigenvalue weighted by Crippen LogP contribution is 2.13. The minimum Gasteiger partial charge on any atom is -0.494 e. The van der Waals surface area contributed by atoms with Crippen LogP contribution in [-0.4, -0.2) is 29.1 Å². The Bertz CT molecular complexity index is 451. The summed E-state index contributed by atoms with van der Waals surface area (Å²) in [5.41, 5.74) is -0.896. The second-order valence-corrected chi connectivity index (χ2v) is 4.76. The SMILES string of the molecule is CCCOc1ccc(C(=O)NC(C)(C)C(=O)O)cc1. The summed E-state index contributed by atoms with van der Waals surface area (Å²) in [4.78, 5) is 22.8. The normalized spacial score (nSPS) is 10.9. The van der Waals surface area contributed by atoms with Crippen LogP contribution in [0.15, 0.2) is 24.3 Å². The Morgan fingerprint density at radius 1 is 1.26 bits per heavy atom. The maximum atomic E-state index is 11.9. The van der Waals surface area contributed by atoms with Crippen molar-refractivity contribution in [3.63, 3.8) is 0 Å². The molecule has 0 saturated heterocycles. The first-order valence-electron chi connectivity index (χ1n) is 6.15. The smallest absolute Gasteiger partial charge is 0.328 e. The molecule has 5 heteroatoms. The van der Waals surface area contributed by atoms with Gasteiger partial charge < -0.3 is 15.2 Å². The predicted octanol–water partition coefficient (Wildman–Crippen LogP) is 2.07. The highest BCUT2D eigenvalue weighted by atomic mass is 16.5. The number of hydrogen-bond acceptors (Lipinski definition) is 3. The minimum atomic E-state index is -1.30. The summed E-state index contributed by atoms with van der Waals surface area (Å²) in [6.07, 6.45) is 0.912. The van der Waals surface area contributed by atoms with Crippen molar-refractivity contribution in [3.8, 4) is 5.75 Å². The maximum Gasteiger partial charge on any atom is 0.328 e. The fourth-order valence-electron chi connectivity index (χ4n) is 1.33. The largest absolute Gasteiger partial charge is 0.494 e. The van der Waals surface area contributed by atoms with Gasteiger partial charge in [-0.1, -0.05) is 6.92 Å². The van der Waals surface area contributed by atoms with Gasteiger partial charge in [-0.15, -0.1) is 0 Å². The molecule has 1 aromatic carbocycles. The summed E-state index contributed by atoms with van der Waals surface area (Å²) in [6, 6.07) is 6.60. The van der Waals surface area contributed by atoms with Gasteiger partial charge in [-0.25, -0.2) is 4.79 Å². The van der Waals surface area contributed by atoms with Crippen LogP contribution in [-0.2, 0) is 4.79 Å². The zero-order valence-corrected chi connectivity index (χ0v) is 11.4. The van der Waals surface area contributed by atoms with Crippen LogP contribution in [0.3, 0.4) is 0 Å². The Morgan fingerprint density at radius 2 is 1.84 bits per heavy atom. The van der Waals surface area contributed by atoms with E-state index in [1.54, 1.807) is 24.3 Å². The molecule has 5 nitrogen and oxygen atoms in total. The van der Waals surface area contributed by atoms with Gasteiger partial charge in [0.05, 0.1) is 6.61 Å². The molecular formula is C14H19NO4. The van der Waals surface area contributed by atoms with Gasteiger partial charge in [-0.05, 0) is 44.5 Å². The number of ether oxygens (including phenoxy) is 1. The quantitative estimate of drug-likeness (QED) is 0.825. The Hall–Kier alpha value is -2.04. The zero-order chi connectivity index (χ0) is 14.5. The molecule has 0 aliphatic rings. The van der Waals surface area contributed by atoms with Gasteiger partial charge in [0, 0.05) is 5.56 Å². The highest BCUT2D eigenvalue weighted by Gasteiger charge is 2.29. The Balaban J connectivity index is 2.70. The molecule has 0 spiro atoms. The van der Waals surface area contributed by atoms with E-state index in [2.05, 4.69) is 5.32 Å². The molecule has 0 aromatic heterocycles. The summed E-state index contributed by atoms with van der Waals surface area (Å²) in [7, 11) is 0. The lowest BCUT2D eigenvalue weighted by Crippen LogP contribution is -2.49. The van der Waals surface area contributed by atoms with Crippen LogP contribution >= 0.6 is 0 Å². The van der Waals surface area contributed by atoms with Crippen molar-refractivity contribution in [2.45, 2.75) is 32.7 Å². The third-order valence-corrected chi connectivity index (χ3v) is 2.55. The van der Waals surface area contributed by atoms with E-state index in [1.807, 2.05) is 6.92 Å². The molecule has 0 bridgehead atoms. The third kappa shape index (κ3) is 4.28. The zero-order valence-electron chi connectivity index (χ0n) is 11.4. The van der Waals surface area contributed by atoms with E-state index in [0.29, 0.717) is 17.9 Å². The summed E-state index contributed by atoms with van der Waals surface area (Å²) in [5.74, 6) is -0.811. The van der Waals surface area contributed by atoms with Gasteiger partial charge in [0.2, 0.25) is 0 Å². The van der Waals surface area contributed by atoms with Crippen LogP contribution in [0.4, 0.5) is 0 Å². The van der Waals surface area contributed by atoms with Crippen molar-refractivity contribution in [2.75, 3.05) is 6.61 Å². The van der Waals surface area contributed by atoms with Crippen molar-refractivity contribution < 1.29 is 19.4 Å². The van der Waals surface area contributed by atoms with Crippen LogP contribution in [0, 0.1) is 0 Å². The molecule has 0 fully saturated rings. The van der Waals surface area contributed by atoms with Gasteiger partial charge in [-0.3, -0.25) is 4.79 Å². The predicted molar refractivity (Wildman–Crippen MR) is 71.4 cm³/mol. The fraction of sp³-hybridized carbons (Fsp3) is 0.429. The van der Waals surface area contributed by atoms with Crippen molar-refractivity contribution in [1.29, 1.82) is 0 Å². The Morgan fingerprint density at radius 3 is 2.32 bits per heavy atom. The van der Waals surface area contributed by atoms with Crippen molar-refractivity contribution in [1.82, 2.24) is 5.32 Å². The molecule has 0 atom stereocenters. The average molecular weight is 265 g/mol. The van der Waals surface area contributed by atoms with Crippen LogP contribution in [0.2, 0.25) is 0 Å². The number of carbonyl (C=O) groups excluding carboxylic acids is 1. The third-order valence-electron chi connectivity index (χ3n) is 2.55. The van der Waals surface area contributed by atoms with E-state index in [9.17, 15) is 9.59 Å². The number of carbonyl (C=O) groups is 2. The fourth-order valence-corrected chi connectivity index (χ4v) is 1.33. The van der Waals surface area contributed by atoms with Gasteiger partial charge in [-0.2, -0.15) is 0 Å². The van der Waals surface area contributed by atoms with Crippen LogP contribution in [0.5, 0.6) is 5.75 Å². The molecular weight excluding hydrogens is 246 g/mol. The first-order chi connectivity index (χ1) is 8.86. The molecule has 0 radical (unpaired) electrons. The van der Waals surface area contributed by atoms with E-state index < -0.39 is 17.4 Å². The lowest BCUT2D eigenvalue weighted by Gasteiger charge is -2.21. The van der Waals surface area contributed by atoms with Gasteiger partial charge in [0.15, 0.2) is 0 Å². The monoisotopic (exact) mass is 265 g/mol. The van der Waals surface area contributed by atoms with Gasteiger partial charge in [0.25, 0.3) is 5.91 Å². The second kappa shape index (κ2) is 6.22. The molecule has 2 N–H and O–H groups in total. The van der Waals surface area contributed by atoms with Crippen LogP contribution < -0.4 is 10.1 Å². The Kier molecular flexibility index (Phi) is 4.92. The molecule has 104 valence electrons. The molecule has 0 aliphatic carbocycles. The van der Waals surface area contributed by atoms with E-state index in [4.69, 9.17) is 9.84 Å². The lowest BCUT2D eigenvalue weighted by atomic mass is 10.1. The van der Waals surface area contributed by atoms with Crippen molar-refractivity contribution in [3.05, 3.63) is 29.8 Å². The number of carboxylic acids is 1. The highest BCUT2D eigenvalue weighted by molar-refractivity contribution is 5.97. The Labute approximate surface area is 112 Å². The molecule has 0 saturated carbocycles. The molecule has 19 heavy (non-hydrogen) atoms. The molecule has 0 heterocycles. The average Bonchev–Trinajstić information content (AvgIpc) is 2.36. The van der Waals surface area contributed by atoms with Crippen molar-refractivity contribution in [2.24, 2.45) is 0 Å². The summed E-state index contributed by atoms with van der Waals surface area (Å²) < 4.78 is 5.40. The topological polar surface area (TPSA) is 75.6 Å². The minimum absolute atomic E-state index is 0.401. The van der Waals surface area contributed by atoms with Crippen LogP contribution in [0.25, 0.3) is 0 Å². The van der Waals surface area contributed by atoms with E-state index in [-0.39, 0.29) is 0 Å². The summed E-state index contributed by atoms with van der Waals surface area (Å²) >= 11 is 0. The first kappa shape index (κ1) is 15.0. The summed E-state index contributed by atoms with van der Waals surface area (Å²) in [6.45, 7) is 5.51. The second-order valence-electron chi connectivity index (χ2n) is 4.76. The lowest BCUT2D eigenvalue weighted by molar-refractivity contribution is -0.143. The number of hydrogen-bond donors (Lipinski definition) is 2. The molecule has 0 unspecified atom stereocenters. The number of amides is 1. The van der Waals surface area contributed by atoms with Gasteiger partial charge >= 0.3 is 5.97 Å². The molecule has 1 aromatic rings. The molecule has 1 rings (SSSR count). The van der Waals surface area contributed by atoms with Crippen molar-refractivity contribution >= 4 is 11.9 Å². The maximum absolute atomic E-state index is 11.9. The number of carboxylic acid groups (broad SMARTS) is 1. The number of nitrogens with one attached hydrogen (secondary N) is 1. The molecule has 1 amide bonds. The van der Waals surface area contributed by atoms with Gasteiger partial charge in [0.1, 0.15) is 11.3 Å². The standard InChI is InChI=1S/C14H19NO4/c1-4-9-19-11-7-5-10(6-8-11)12(16)15-14(2,3)13(17)18/h5-8H,4,9H2,1-3H3,(H,15,16)(H,17,18). The van der Waals surface area contributed by atoms with E-state index in [0.717, 1.165) is 6.42 Å². The first-order valence-corrected chi connectivity index (χ1v) is 6.15. The van der Waals surface area contributed by atoms with E-state index >= 15 is 0 Å². The molecule has 0 aliphatic heterocycles. The van der Waals surface area contributed by atoms with E-state index in [1.165, 1.54) is 13.8 Å².